The molecule has 1 aromatic carbocycles. The molecular weight excluding hydrogens is 239 g/mol. The highest BCUT2D eigenvalue weighted by Gasteiger charge is 2.07. The lowest BCUT2D eigenvalue weighted by atomic mass is 10.2. The Kier molecular flexibility index (Phi) is 3.30. The fourth-order valence-corrected chi connectivity index (χ4v) is 1.82. The summed E-state index contributed by atoms with van der Waals surface area (Å²) in [5.41, 5.74) is 1.22. The minimum Gasteiger partial charge on any atom is -0.359 e. The van der Waals surface area contributed by atoms with Gasteiger partial charge in [-0.05, 0) is 24.5 Å². The van der Waals surface area contributed by atoms with E-state index in [1.807, 2.05) is 0 Å². The van der Waals surface area contributed by atoms with Crippen molar-refractivity contribution in [1.82, 2.24) is 10.3 Å². The molecule has 0 amide bonds. The first-order valence-corrected chi connectivity index (χ1v) is 6.02. The third-order valence-electron chi connectivity index (χ3n) is 2.23. The quantitative estimate of drug-likeness (QED) is 0.353. The lowest BCUT2D eigenvalue weighted by molar-refractivity contribution is 0.640. The van der Waals surface area contributed by atoms with E-state index in [0.717, 1.165) is 0 Å². The summed E-state index contributed by atoms with van der Waals surface area (Å²) in [4.78, 5) is 7.19. The summed E-state index contributed by atoms with van der Waals surface area (Å²) in [6, 6.07) is 4.59. The Labute approximate surface area is 102 Å². The van der Waals surface area contributed by atoms with Crippen LogP contribution in [0, 0.1) is 17.3 Å². The van der Waals surface area contributed by atoms with Gasteiger partial charge < -0.3 is 4.98 Å². The van der Waals surface area contributed by atoms with Crippen LogP contribution in [-0.4, -0.2) is 16.4 Å². The van der Waals surface area contributed by atoms with Gasteiger partial charge in [0, 0.05) is 11.6 Å². The topological polar surface area (TPSA) is 64.0 Å². The van der Waals surface area contributed by atoms with Crippen LogP contribution in [0.3, 0.4) is 0 Å². The van der Waals surface area contributed by atoms with Gasteiger partial charge in [0.2, 0.25) is 0 Å². The SMILES string of the molecule is CSC(=Nc1ccc(F)c2cc[nH]c12)NC#N. The summed E-state index contributed by atoms with van der Waals surface area (Å²) in [6.45, 7) is 0. The van der Waals surface area contributed by atoms with Crippen LogP contribution in [0.25, 0.3) is 10.9 Å². The Bertz CT molecular complexity index is 611. The molecule has 4 nitrogen and oxygen atoms in total. The van der Waals surface area contributed by atoms with Crippen molar-refractivity contribution in [2.75, 3.05) is 6.26 Å². The molecule has 2 rings (SSSR count). The number of amidine groups is 1. The van der Waals surface area contributed by atoms with Crippen LogP contribution in [0.15, 0.2) is 29.4 Å². The molecule has 86 valence electrons. The van der Waals surface area contributed by atoms with E-state index in [9.17, 15) is 4.39 Å². The molecular formula is C11H9FN4S. The normalized spacial score (nSPS) is 11.5. The highest BCUT2D eigenvalue weighted by Crippen LogP contribution is 2.27. The number of nitrogens with one attached hydrogen (secondary N) is 2. The summed E-state index contributed by atoms with van der Waals surface area (Å²) >= 11 is 1.31. The number of thioether (sulfide) groups is 1. The minimum atomic E-state index is -0.292. The fraction of sp³-hybridized carbons (Fsp3) is 0.0909. The highest BCUT2D eigenvalue weighted by molar-refractivity contribution is 8.13. The van der Waals surface area contributed by atoms with E-state index in [4.69, 9.17) is 5.26 Å². The van der Waals surface area contributed by atoms with E-state index in [1.54, 1.807) is 30.8 Å². The molecule has 0 bridgehead atoms. The standard InChI is InChI=1S/C11H9FN4S/c1-17-11(15-6-13)16-9-3-2-8(12)7-4-5-14-10(7)9/h2-5,14H,1H3,(H,15,16). The Hall–Kier alpha value is -2.00. The van der Waals surface area contributed by atoms with Gasteiger partial charge in [-0.25, -0.2) is 9.38 Å². The Morgan fingerprint density at radius 3 is 3.06 bits per heavy atom. The second-order valence-corrected chi connectivity index (χ2v) is 3.99. The van der Waals surface area contributed by atoms with Crippen LogP contribution in [0.1, 0.15) is 0 Å². The third-order valence-corrected chi connectivity index (χ3v) is 2.81. The van der Waals surface area contributed by atoms with Gasteiger partial charge in [-0.15, -0.1) is 0 Å². The minimum absolute atomic E-state index is 0.292. The number of H-pyrrole nitrogens is 1. The van der Waals surface area contributed by atoms with Gasteiger partial charge in [-0.2, -0.15) is 5.26 Å². The lowest BCUT2D eigenvalue weighted by Gasteiger charge is -2.01. The van der Waals surface area contributed by atoms with Crippen molar-refractivity contribution in [3.63, 3.8) is 0 Å². The smallest absolute Gasteiger partial charge is 0.183 e. The number of rotatable bonds is 1. The number of fused-ring (bicyclic) bond motifs is 1. The molecule has 0 aliphatic carbocycles. The second-order valence-electron chi connectivity index (χ2n) is 3.19. The van der Waals surface area contributed by atoms with Crippen molar-refractivity contribution in [3.05, 3.63) is 30.2 Å². The van der Waals surface area contributed by atoms with Crippen LogP contribution >= 0.6 is 11.8 Å². The predicted molar refractivity (Wildman–Crippen MR) is 67.6 cm³/mol. The van der Waals surface area contributed by atoms with Crippen molar-refractivity contribution in [2.45, 2.75) is 0 Å². The summed E-state index contributed by atoms with van der Waals surface area (Å²) < 4.78 is 13.4. The first-order chi connectivity index (χ1) is 8.26. The largest absolute Gasteiger partial charge is 0.359 e. The number of hydrogen-bond acceptors (Lipinski definition) is 3. The van der Waals surface area contributed by atoms with E-state index in [-0.39, 0.29) is 5.82 Å². The van der Waals surface area contributed by atoms with Crippen LogP contribution in [-0.2, 0) is 0 Å². The fourth-order valence-electron chi connectivity index (χ4n) is 1.48. The Morgan fingerprint density at radius 1 is 1.53 bits per heavy atom. The summed E-state index contributed by atoms with van der Waals surface area (Å²) in [7, 11) is 0. The molecule has 2 N–H and O–H groups in total. The molecule has 1 heterocycles. The van der Waals surface area contributed by atoms with Crippen molar-refractivity contribution in [3.8, 4) is 6.19 Å². The summed E-state index contributed by atoms with van der Waals surface area (Å²) in [5.74, 6) is -0.292. The Morgan fingerprint density at radius 2 is 2.35 bits per heavy atom. The predicted octanol–water partition coefficient (Wildman–Crippen LogP) is 2.73. The Balaban J connectivity index is 2.53. The molecule has 0 aliphatic heterocycles. The molecule has 0 saturated carbocycles. The maximum absolute atomic E-state index is 13.4. The van der Waals surface area contributed by atoms with Crippen molar-refractivity contribution in [2.24, 2.45) is 4.99 Å². The monoisotopic (exact) mass is 248 g/mol. The van der Waals surface area contributed by atoms with Gasteiger partial charge in [0.05, 0.1) is 11.2 Å². The van der Waals surface area contributed by atoms with Gasteiger partial charge in [0.15, 0.2) is 11.4 Å². The molecule has 0 spiro atoms. The number of nitriles is 1. The molecule has 6 heteroatoms. The van der Waals surface area contributed by atoms with Crippen LogP contribution in [0.2, 0.25) is 0 Å². The summed E-state index contributed by atoms with van der Waals surface area (Å²) in [5, 5.41) is 12.0. The number of aromatic nitrogens is 1. The van der Waals surface area contributed by atoms with Crippen molar-refractivity contribution in [1.29, 1.82) is 5.26 Å². The van der Waals surface area contributed by atoms with E-state index in [1.165, 1.54) is 17.8 Å². The van der Waals surface area contributed by atoms with Crippen LogP contribution in [0.4, 0.5) is 10.1 Å². The molecule has 2 aromatic rings. The molecule has 1 aromatic heterocycles. The number of nitrogens with zero attached hydrogens (tertiary/aromatic N) is 2. The lowest BCUT2D eigenvalue weighted by Crippen LogP contribution is -2.12. The van der Waals surface area contributed by atoms with Gasteiger partial charge in [-0.1, -0.05) is 11.8 Å². The molecule has 0 atom stereocenters. The first kappa shape index (κ1) is 11.5. The van der Waals surface area contributed by atoms with Gasteiger partial charge >= 0.3 is 0 Å². The van der Waals surface area contributed by atoms with Gasteiger partial charge in [0.1, 0.15) is 5.82 Å². The highest BCUT2D eigenvalue weighted by atomic mass is 32.2. The van der Waals surface area contributed by atoms with Crippen molar-refractivity contribution >= 4 is 33.5 Å². The summed E-state index contributed by atoms with van der Waals surface area (Å²) in [6.07, 6.45) is 5.27. The zero-order valence-corrected chi connectivity index (χ0v) is 9.81. The number of hydrogen-bond donors (Lipinski definition) is 2. The molecule has 0 fully saturated rings. The van der Waals surface area contributed by atoms with E-state index in [0.29, 0.717) is 21.8 Å². The molecule has 0 unspecified atom stereocenters. The maximum Gasteiger partial charge on any atom is 0.183 e. The average molecular weight is 248 g/mol. The second kappa shape index (κ2) is 4.89. The third kappa shape index (κ3) is 2.24. The number of halogens is 1. The zero-order valence-electron chi connectivity index (χ0n) is 8.99. The van der Waals surface area contributed by atoms with Crippen molar-refractivity contribution < 1.29 is 4.39 Å². The molecule has 17 heavy (non-hydrogen) atoms. The van der Waals surface area contributed by atoms with E-state index >= 15 is 0 Å². The van der Waals surface area contributed by atoms with Crippen LogP contribution in [0.5, 0.6) is 0 Å². The van der Waals surface area contributed by atoms with Crippen LogP contribution < -0.4 is 5.32 Å². The maximum atomic E-state index is 13.4. The first-order valence-electron chi connectivity index (χ1n) is 4.79. The zero-order chi connectivity index (χ0) is 12.3. The number of aliphatic imine (C=N–C) groups is 1. The number of aromatic amines is 1. The van der Waals surface area contributed by atoms with E-state index < -0.39 is 0 Å². The molecule has 0 radical (unpaired) electrons. The van der Waals surface area contributed by atoms with E-state index in [2.05, 4.69) is 15.3 Å². The molecule has 0 aliphatic rings. The van der Waals surface area contributed by atoms with Gasteiger partial charge in [0.25, 0.3) is 0 Å². The average Bonchev–Trinajstić information content (AvgIpc) is 2.82. The molecule has 0 saturated heterocycles. The number of benzene rings is 1. The van der Waals surface area contributed by atoms with Gasteiger partial charge in [-0.3, -0.25) is 5.32 Å².